The van der Waals surface area contributed by atoms with Crippen LogP contribution in [0.2, 0.25) is 0 Å². The molecule has 33 heavy (non-hydrogen) atoms. The van der Waals surface area contributed by atoms with Gasteiger partial charge in [0.1, 0.15) is 0 Å². The number of likely N-dealkylation sites (tertiary alicyclic amines) is 1. The van der Waals surface area contributed by atoms with Crippen LogP contribution in [-0.2, 0) is 20.9 Å². The predicted molar refractivity (Wildman–Crippen MR) is 129 cm³/mol. The molecule has 1 N–H and O–H groups in total. The lowest BCUT2D eigenvalue weighted by atomic mass is 9.94. The van der Waals surface area contributed by atoms with E-state index in [9.17, 15) is 19.2 Å². The first kappa shape index (κ1) is 23.4. The summed E-state index contributed by atoms with van der Waals surface area (Å²) in [5.41, 5.74) is 1.44. The van der Waals surface area contributed by atoms with Gasteiger partial charge >= 0.3 is 0 Å². The number of fused-ring (bicyclic) bond motifs is 1. The third-order valence-electron chi connectivity index (χ3n) is 6.28. The van der Waals surface area contributed by atoms with E-state index >= 15 is 0 Å². The number of benzene rings is 1. The van der Waals surface area contributed by atoms with Crippen molar-refractivity contribution in [3.8, 4) is 0 Å². The highest BCUT2D eigenvalue weighted by Crippen LogP contribution is 2.29. The van der Waals surface area contributed by atoms with Crippen LogP contribution >= 0.6 is 15.9 Å². The maximum atomic E-state index is 12.9. The quantitative estimate of drug-likeness (QED) is 0.283. The topological polar surface area (TPSA) is 88.5 Å². The second-order valence-corrected chi connectivity index (χ2v) is 9.90. The van der Waals surface area contributed by atoms with Gasteiger partial charge in [0.25, 0.3) is 0 Å². The number of hydrogen-bond acceptors (Lipinski definition) is 4. The van der Waals surface area contributed by atoms with E-state index in [0.717, 1.165) is 28.2 Å². The Bertz CT molecular complexity index is 1110. The summed E-state index contributed by atoms with van der Waals surface area (Å²) in [7, 11) is 0. The molecule has 1 aliphatic carbocycles. The van der Waals surface area contributed by atoms with Gasteiger partial charge in [-0.15, -0.1) is 0 Å². The molecule has 174 valence electrons. The molecule has 2 fully saturated rings. The summed E-state index contributed by atoms with van der Waals surface area (Å²) in [4.78, 5) is 50.7. The lowest BCUT2D eigenvalue weighted by Crippen LogP contribution is -2.50. The first-order valence-corrected chi connectivity index (χ1v) is 12.2. The second-order valence-electron chi connectivity index (χ2n) is 8.98. The fourth-order valence-electron chi connectivity index (χ4n) is 4.29. The molecule has 2 aromatic rings. The predicted octanol–water partition coefficient (Wildman–Crippen LogP) is 3.50. The number of hydrogen-bond donors (Lipinski definition) is 1. The van der Waals surface area contributed by atoms with Gasteiger partial charge in [-0.25, -0.2) is 0 Å². The van der Waals surface area contributed by atoms with Crippen molar-refractivity contribution in [2.75, 3.05) is 19.6 Å². The van der Waals surface area contributed by atoms with Crippen molar-refractivity contribution in [3.63, 3.8) is 0 Å². The smallest absolute Gasteiger partial charge is 0.245 e. The molecule has 0 atom stereocenters. The number of halogens is 1. The lowest BCUT2D eigenvalue weighted by Gasteiger charge is -2.38. The second kappa shape index (κ2) is 10.0. The Hall–Kier alpha value is -2.74. The normalized spacial score (nSPS) is 15.8. The third-order valence-corrected chi connectivity index (χ3v) is 6.77. The molecule has 1 saturated carbocycles. The summed E-state index contributed by atoms with van der Waals surface area (Å²) in [6.07, 6.45) is 6.31. The van der Waals surface area contributed by atoms with Crippen LogP contribution in [0.5, 0.6) is 0 Å². The Morgan fingerprint density at radius 2 is 1.94 bits per heavy atom. The molecule has 1 aromatic carbocycles. The Kier molecular flexibility index (Phi) is 7.12. The highest BCUT2D eigenvalue weighted by atomic mass is 79.9. The number of amides is 2. The number of nitrogens with one attached hydrogen (secondary N) is 1. The molecule has 1 aromatic heterocycles. The van der Waals surface area contributed by atoms with E-state index < -0.39 is 0 Å². The fourth-order valence-corrected chi connectivity index (χ4v) is 4.65. The molecule has 0 spiro atoms. The van der Waals surface area contributed by atoms with Crippen LogP contribution in [-0.4, -0.2) is 52.5 Å². The Balaban J connectivity index is 1.37. The Labute approximate surface area is 201 Å². The van der Waals surface area contributed by atoms with E-state index in [1.807, 2.05) is 22.8 Å². The van der Waals surface area contributed by atoms with Gasteiger partial charge in [-0.2, -0.15) is 0 Å². The molecular weight excluding hydrogens is 486 g/mol. The summed E-state index contributed by atoms with van der Waals surface area (Å²) in [5.74, 6) is 0.402. The zero-order valence-corrected chi connectivity index (χ0v) is 20.1. The van der Waals surface area contributed by atoms with E-state index in [-0.39, 0.29) is 41.8 Å². The van der Waals surface area contributed by atoms with Gasteiger partial charge in [-0.3, -0.25) is 19.2 Å². The maximum absolute atomic E-state index is 12.9. The summed E-state index contributed by atoms with van der Waals surface area (Å²) in [5, 5.41) is 3.71. The average Bonchev–Trinajstić information content (AvgIpc) is 3.56. The number of aromatic nitrogens is 1. The monoisotopic (exact) mass is 513 g/mol. The van der Waals surface area contributed by atoms with Crippen LogP contribution in [0.25, 0.3) is 10.9 Å². The number of Topliss-reactive ketones (excluding diaryl/α,β-unsaturated/α-hetero) is 2. The van der Waals surface area contributed by atoms with Crippen molar-refractivity contribution in [3.05, 3.63) is 47.1 Å². The van der Waals surface area contributed by atoms with Gasteiger partial charge in [-0.05, 0) is 43.5 Å². The molecule has 8 heteroatoms. The SMILES string of the molecule is C=CC(=O)N1CC(CC(=O)Cn2cc(C(=O)CCCNC(=O)C3CC3)c3cc(Br)ccc32)C1. The molecule has 0 bridgehead atoms. The molecular formula is C25H28BrN3O4. The largest absolute Gasteiger partial charge is 0.356 e. The van der Waals surface area contributed by atoms with E-state index in [1.54, 1.807) is 11.1 Å². The fraction of sp³-hybridized carbons (Fsp3) is 0.440. The van der Waals surface area contributed by atoms with Crippen molar-refractivity contribution in [1.82, 2.24) is 14.8 Å². The highest BCUT2D eigenvalue weighted by molar-refractivity contribution is 9.10. The minimum absolute atomic E-state index is 0.00235. The van der Waals surface area contributed by atoms with Crippen LogP contribution in [0.1, 0.15) is 42.5 Å². The third kappa shape index (κ3) is 5.61. The molecule has 1 aliphatic heterocycles. The van der Waals surface area contributed by atoms with E-state index in [0.29, 0.717) is 44.5 Å². The molecule has 7 nitrogen and oxygen atoms in total. The summed E-state index contributed by atoms with van der Waals surface area (Å²) in [6, 6.07) is 5.71. The van der Waals surface area contributed by atoms with Crippen molar-refractivity contribution in [2.24, 2.45) is 11.8 Å². The van der Waals surface area contributed by atoms with Crippen molar-refractivity contribution in [1.29, 1.82) is 0 Å². The molecule has 0 unspecified atom stereocenters. The Morgan fingerprint density at radius 3 is 2.64 bits per heavy atom. The van der Waals surface area contributed by atoms with Crippen LogP contribution in [0.4, 0.5) is 0 Å². The van der Waals surface area contributed by atoms with Crippen molar-refractivity contribution >= 4 is 50.2 Å². The molecule has 0 radical (unpaired) electrons. The van der Waals surface area contributed by atoms with Crippen LogP contribution in [0.3, 0.4) is 0 Å². The Morgan fingerprint density at radius 1 is 1.18 bits per heavy atom. The first-order valence-electron chi connectivity index (χ1n) is 11.4. The van der Waals surface area contributed by atoms with Gasteiger partial charge in [0, 0.05) is 71.4 Å². The van der Waals surface area contributed by atoms with Crippen molar-refractivity contribution in [2.45, 2.75) is 38.6 Å². The van der Waals surface area contributed by atoms with E-state index in [2.05, 4.69) is 27.8 Å². The molecule has 2 amide bonds. The van der Waals surface area contributed by atoms with Gasteiger partial charge in [0.15, 0.2) is 11.6 Å². The van der Waals surface area contributed by atoms with E-state index in [1.165, 1.54) is 6.08 Å². The summed E-state index contributed by atoms with van der Waals surface area (Å²) in [6.45, 7) is 5.33. The van der Waals surface area contributed by atoms with Crippen LogP contribution in [0, 0.1) is 11.8 Å². The zero-order chi connectivity index (χ0) is 23.5. The summed E-state index contributed by atoms with van der Waals surface area (Å²) < 4.78 is 2.71. The zero-order valence-electron chi connectivity index (χ0n) is 18.5. The number of ketones is 2. The number of carbonyl (C=O) groups excluding carboxylic acids is 4. The molecule has 4 rings (SSSR count). The van der Waals surface area contributed by atoms with Crippen LogP contribution < -0.4 is 5.32 Å². The van der Waals surface area contributed by atoms with Gasteiger partial charge < -0.3 is 14.8 Å². The number of carbonyl (C=O) groups is 4. The standard InChI is InChI=1S/C25H28BrN3O4/c1-2-24(32)29-12-16(13-29)10-19(30)14-28-15-21(20-11-18(26)7-8-22(20)28)23(31)4-3-9-27-25(33)17-5-6-17/h2,7-8,11,15-17H,1,3-6,9-10,12-14H2,(H,27,33). The first-order chi connectivity index (χ1) is 15.9. The van der Waals surface area contributed by atoms with Crippen LogP contribution in [0.15, 0.2) is 41.5 Å². The van der Waals surface area contributed by atoms with Gasteiger partial charge in [-0.1, -0.05) is 22.5 Å². The summed E-state index contributed by atoms with van der Waals surface area (Å²) >= 11 is 3.47. The highest BCUT2D eigenvalue weighted by Gasteiger charge is 2.31. The lowest BCUT2D eigenvalue weighted by molar-refractivity contribution is -0.134. The molecule has 2 heterocycles. The molecule has 2 aliphatic rings. The number of rotatable bonds is 11. The number of nitrogens with zero attached hydrogens (tertiary/aromatic N) is 2. The minimum atomic E-state index is -0.101. The average molecular weight is 514 g/mol. The van der Waals surface area contributed by atoms with Crippen molar-refractivity contribution < 1.29 is 19.2 Å². The van der Waals surface area contributed by atoms with E-state index in [4.69, 9.17) is 0 Å². The maximum Gasteiger partial charge on any atom is 0.245 e. The van der Waals surface area contributed by atoms with Gasteiger partial charge in [0.05, 0.1) is 6.54 Å². The van der Waals surface area contributed by atoms with Gasteiger partial charge in [0.2, 0.25) is 11.8 Å². The molecule has 1 saturated heterocycles. The minimum Gasteiger partial charge on any atom is -0.356 e.